The highest BCUT2D eigenvalue weighted by Crippen LogP contribution is 2.19. The van der Waals surface area contributed by atoms with E-state index < -0.39 is 0 Å². The highest BCUT2D eigenvalue weighted by molar-refractivity contribution is 6.09. The predicted octanol–water partition coefficient (Wildman–Crippen LogP) is 2.84. The van der Waals surface area contributed by atoms with Gasteiger partial charge in [-0.15, -0.1) is 0 Å². The summed E-state index contributed by atoms with van der Waals surface area (Å²) in [5, 5.41) is 0. The SMILES string of the molecule is Cc1ccc(OCl)c(C)c1. The maximum absolute atomic E-state index is 5.18. The molecule has 54 valence electrons. The molecule has 0 spiro atoms. The lowest BCUT2D eigenvalue weighted by Gasteiger charge is -2.00. The van der Waals surface area contributed by atoms with Gasteiger partial charge in [-0.2, -0.15) is 0 Å². The molecule has 0 aromatic heterocycles. The van der Waals surface area contributed by atoms with Crippen LogP contribution in [0.25, 0.3) is 0 Å². The summed E-state index contributed by atoms with van der Waals surface area (Å²) in [6.07, 6.45) is 0. The van der Waals surface area contributed by atoms with Crippen LogP contribution in [0.1, 0.15) is 11.1 Å². The standard InChI is InChI=1S/C8H9ClO/c1-6-3-4-8(10-9)7(2)5-6/h3-5H,1-2H3. The molecule has 0 radical (unpaired) electrons. The first kappa shape index (κ1) is 7.42. The van der Waals surface area contributed by atoms with Gasteiger partial charge in [0.15, 0.2) is 0 Å². The van der Waals surface area contributed by atoms with Gasteiger partial charge in [0.1, 0.15) is 17.6 Å². The molecule has 0 N–H and O–H groups in total. The molecular weight excluding hydrogens is 148 g/mol. The highest BCUT2D eigenvalue weighted by Gasteiger charge is 1.96. The smallest absolute Gasteiger partial charge is 0.149 e. The molecule has 0 saturated carbocycles. The van der Waals surface area contributed by atoms with Crippen molar-refractivity contribution in [1.29, 1.82) is 0 Å². The molecule has 0 unspecified atom stereocenters. The van der Waals surface area contributed by atoms with Gasteiger partial charge in [-0.1, -0.05) is 17.7 Å². The lowest BCUT2D eigenvalue weighted by molar-refractivity contribution is 0.613. The Labute approximate surface area is 65.8 Å². The van der Waals surface area contributed by atoms with Crippen LogP contribution in [0.3, 0.4) is 0 Å². The zero-order chi connectivity index (χ0) is 7.56. The lowest BCUT2D eigenvalue weighted by atomic mass is 10.1. The Hall–Kier alpha value is -0.690. The third-order valence-corrected chi connectivity index (χ3v) is 1.58. The first-order valence-electron chi connectivity index (χ1n) is 3.10. The minimum absolute atomic E-state index is 0.729. The van der Waals surface area contributed by atoms with Crippen LogP contribution in [0.15, 0.2) is 18.2 Å². The van der Waals surface area contributed by atoms with Crippen molar-refractivity contribution >= 4 is 11.9 Å². The van der Waals surface area contributed by atoms with Gasteiger partial charge in [-0.25, -0.2) is 0 Å². The average molecular weight is 157 g/mol. The second kappa shape index (κ2) is 2.93. The maximum Gasteiger partial charge on any atom is 0.149 e. The Morgan fingerprint density at radius 2 is 2.00 bits per heavy atom. The number of rotatable bonds is 1. The quantitative estimate of drug-likeness (QED) is 0.608. The van der Waals surface area contributed by atoms with E-state index >= 15 is 0 Å². The van der Waals surface area contributed by atoms with E-state index in [2.05, 4.69) is 4.29 Å². The van der Waals surface area contributed by atoms with Crippen molar-refractivity contribution in [3.05, 3.63) is 29.3 Å². The summed E-state index contributed by atoms with van der Waals surface area (Å²) in [5.74, 6) is 0.729. The van der Waals surface area contributed by atoms with Crippen molar-refractivity contribution in [1.82, 2.24) is 0 Å². The van der Waals surface area contributed by atoms with Gasteiger partial charge in [0, 0.05) is 0 Å². The Morgan fingerprint density at radius 1 is 1.30 bits per heavy atom. The van der Waals surface area contributed by atoms with Crippen LogP contribution in [-0.4, -0.2) is 0 Å². The van der Waals surface area contributed by atoms with Crippen molar-refractivity contribution < 1.29 is 4.29 Å². The van der Waals surface area contributed by atoms with Gasteiger partial charge >= 0.3 is 0 Å². The van der Waals surface area contributed by atoms with Gasteiger partial charge in [-0.3, -0.25) is 0 Å². The largest absolute Gasteiger partial charge is 0.385 e. The Bertz CT molecular complexity index is 233. The molecule has 0 aliphatic heterocycles. The van der Waals surface area contributed by atoms with Crippen LogP contribution in [-0.2, 0) is 0 Å². The van der Waals surface area contributed by atoms with Gasteiger partial charge in [0.2, 0.25) is 0 Å². The van der Waals surface area contributed by atoms with E-state index in [9.17, 15) is 0 Å². The number of hydrogen-bond donors (Lipinski definition) is 0. The molecule has 1 rings (SSSR count). The summed E-state index contributed by atoms with van der Waals surface area (Å²) in [7, 11) is 0. The normalized spacial score (nSPS) is 9.50. The Kier molecular flexibility index (Phi) is 2.17. The minimum atomic E-state index is 0.729. The van der Waals surface area contributed by atoms with E-state index in [1.165, 1.54) is 5.56 Å². The van der Waals surface area contributed by atoms with E-state index in [0.717, 1.165) is 11.3 Å². The van der Waals surface area contributed by atoms with Crippen LogP contribution in [0.5, 0.6) is 5.75 Å². The second-order valence-corrected chi connectivity index (χ2v) is 2.50. The highest BCUT2D eigenvalue weighted by atomic mass is 35.5. The van der Waals surface area contributed by atoms with Crippen LogP contribution in [0.2, 0.25) is 0 Å². The molecule has 10 heavy (non-hydrogen) atoms. The molecular formula is C8H9ClO. The number of halogens is 1. The van der Waals surface area contributed by atoms with E-state index in [1.807, 2.05) is 32.0 Å². The molecule has 0 amide bonds. The topological polar surface area (TPSA) is 9.23 Å². The summed E-state index contributed by atoms with van der Waals surface area (Å²) in [4.78, 5) is 0. The average Bonchev–Trinajstić information content (AvgIpc) is 1.88. The molecule has 0 aliphatic carbocycles. The third kappa shape index (κ3) is 1.42. The molecule has 0 aliphatic rings. The first-order chi connectivity index (χ1) is 4.74. The minimum Gasteiger partial charge on any atom is -0.385 e. The van der Waals surface area contributed by atoms with E-state index in [0.29, 0.717) is 0 Å². The molecule has 1 aromatic rings. The Balaban J connectivity index is 3.07. The van der Waals surface area contributed by atoms with Gasteiger partial charge in [0.25, 0.3) is 0 Å². The molecule has 2 heteroatoms. The van der Waals surface area contributed by atoms with Gasteiger partial charge < -0.3 is 4.29 Å². The molecule has 0 bridgehead atoms. The van der Waals surface area contributed by atoms with Crippen LogP contribution in [0, 0.1) is 13.8 Å². The molecule has 0 heterocycles. The predicted molar refractivity (Wildman–Crippen MR) is 42.4 cm³/mol. The van der Waals surface area contributed by atoms with Crippen molar-refractivity contribution in [2.45, 2.75) is 13.8 Å². The Morgan fingerprint density at radius 3 is 2.50 bits per heavy atom. The third-order valence-electron chi connectivity index (χ3n) is 1.41. The number of hydrogen-bond acceptors (Lipinski definition) is 1. The fourth-order valence-corrected chi connectivity index (χ4v) is 1.06. The zero-order valence-electron chi connectivity index (χ0n) is 6.02. The first-order valence-corrected chi connectivity index (χ1v) is 3.41. The van der Waals surface area contributed by atoms with Crippen LogP contribution in [0.4, 0.5) is 0 Å². The van der Waals surface area contributed by atoms with E-state index in [4.69, 9.17) is 11.9 Å². The molecule has 1 nitrogen and oxygen atoms in total. The number of aryl methyl sites for hydroxylation is 2. The second-order valence-electron chi connectivity index (χ2n) is 2.35. The van der Waals surface area contributed by atoms with Crippen LogP contribution >= 0.6 is 11.9 Å². The summed E-state index contributed by atoms with van der Waals surface area (Å²) in [6.45, 7) is 4.00. The lowest BCUT2D eigenvalue weighted by Crippen LogP contribution is -1.81. The summed E-state index contributed by atoms with van der Waals surface area (Å²) in [6, 6.07) is 5.85. The summed E-state index contributed by atoms with van der Waals surface area (Å²) >= 11 is 5.18. The van der Waals surface area contributed by atoms with Crippen molar-refractivity contribution in [3.8, 4) is 5.75 Å². The summed E-state index contributed by atoms with van der Waals surface area (Å²) < 4.78 is 4.57. The molecule has 0 atom stereocenters. The zero-order valence-corrected chi connectivity index (χ0v) is 6.77. The van der Waals surface area contributed by atoms with E-state index in [1.54, 1.807) is 0 Å². The molecule has 1 aromatic carbocycles. The van der Waals surface area contributed by atoms with Crippen molar-refractivity contribution in [2.75, 3.05) is 0 Å². The molecule has 0 fully saturated rings. The molecule has 0 saturated heterocycles. The van der Waals surface area contributed by atoms with Crippen LogP contribution < -0.4 is 4.29 Å². The van der Waals surface area contributed by atoms with Gasteiger partial charge in [0.05, 0.1) is 0 Å². The fourth-order valence-electron chi connectivity index (χ4n) is 0.886. The van der Waals surface area contributed by atoms with Crippen molar-refractivity contribution in [2.24, 2.45) is 0 Å². The maximum atomic E-state index is 5.18. The summed E-state index contributed by atoms with van der Waals surface area (Å²) in [5.41, 5.74) is 2.28. The monoisotopic (exact) mass is 156 g/mol. The number of benzene rings is 1. The van der Waals surface area contributed by atoms with Gasteiger partial charge in [-0.05, 0) is 25.5 Å². The van der Waals surface area contributed by atoms with Crippen molar-refractivity contribution in [3.63, 3.8) is 0 Å². The van der Waals surface area contributed by atoms with E-state index in [-0.39, 0.29) is 0 Å². The fraction of sp³-hybridized carbons (Fsp3) is 0.250.